The van der Waals surface area contributed by atoms with E-state index in [0.717, 1.165) is 22.6 Å². The van der Waals surface area contributed by atoms with Gasteiger partial charge in [-0.05, 0) is 74.0 Å². The first-order valence-corrected chi connectivity index (χ1v) is 9.81. The second kappa shape index (κ2) is 9.08. The number of carbonyl (C=O) groups is 1. The van der Waals surface area contributed by atoms with E-state index in [1.54, 1.807) is 49.6 Å². The number of methoxy groups -OCH3 is 1. The first kappa shape index (κ1) is 21.5. The molecule has 0 aliphatic heterocycles. The molecule has 1 heterocycles. The number of ether oxygens (including phenoxy) is 1. The predicted molar refractivity (Wildman–Crippen MR) is 120 cm³/mol. The molecule has 0 spiro atoms. The van der Waals surface area contributed by atoms with Gasteiger partial charge in [-0.2, -0.15) is 5.26 Å². The fourth-order valence-electron chi connectivity index (χ4n) is 3.14. The maximum Gasteiger partial charge on any atom is 0.266 e. The average Bonchev–Trinajstić information content (AvgIpc) is 3.00. The van der Waals surface area contributed by atoms with E-state index in [4.69, 9.17) is 27.9 Å². The number of anilines is 1. The number of halogens is 2. The zero-order valence-corrected chi connectivity index (χ0v) is 18.2. The van der Waals surface area contributed by atoms with E-state index in [2.05, 4.69) is 5.32 Å². The Bertz CT molecular complexity index is 1170. The van der Waals surface area contributed by atoms with Crippen LogP contribution in [-0.4, -0.2) is 17.6 Å². The van der Waals surface area contributed by atoms with E-state index < -0.39 is 5.91 Å². The highest BCUT2D eigenvalue weighted by atomic mass is 35.5. The van der Waals surface area contributed by atoms with Crippen LogP contribution in [0.25, 0.3) is 11.8 Å². The van der Waals surface area contributed by atoms with Crippen molar-refractivity contribution < 1.29 is 9.53 Å². The molecule has 1 N–H and O–H groups in total. The van der Waals surface area contributed by atoms with Gasteiger partial charge in [0.2, 0.25) is 0 Å². The molecule has 152 valence electrons. The first-order chi connectivity index (χ1) is 14.3. The van der Waals surface area contributed by atoms with E-state index >= 15 is 0 Å². The van der Waals surface area contributed by atoms with E-state index in [1.165, 1.54) is 0 Å². The maximum atomic E-state index is 12.6. The maximum absolute atomic E-state index is 12.6. The monoisotopic (exact) mass is 439 g/mol. The van der Waals surface area contributed by atoms with E-state index in [-0.39, 0.29) is 5.57 Å². The van der Waals surface area contributed by atoms with Crippen LogP contribution in [0.5, 0.6) is 5.75 Å². The van der Waals surface area contributed by atoms with Crippen molar-refractivity contribution in [2.45, 2.75) is 13.8 Å². The van der Waals surface area contributed by atoms with Crippen LogP contribution in [0.2, 0.25) is 10.0 Å². The lowest BCUT2D eigenvalue weighted by atomic mass is 10.1. The molecule has 0 saturated heterocycles. The zero-order valence-electron chi connectivity index (χ0n) is 16.7. The van der Waals surface area contributed by atoms with Gasteiger partial charge in [0, 0.05) is 22.1 Å². The lowest BCUT2D eigenvalue weighted by molar-refractivity contribution is -0.112. The highest BCUT2D eigenvalue weighted by molar-refractivity contribution is 6.35. The molecule has 0 fully saturated rings. The summed E-state index contributed by atoms with van der Waals surface area (Å²) in [6, 6.07) is 16.0. The van der Waals surface area contributed by atoms with Gasteiger partial charge in [0.05, 0.1) is 17.8 Å². The molecule has 1 aromatic heterocycles. The van der Waals surface area contributed by atoms with Gasteiger partial charge in [-0.25, -0.2) is 0 Å². The fourth-order valence-corrected chi connectivity index (χ4v) is 3.64. The number of benzene rings is 2. The SMILES string of the molecule is COc1ccc(NC(=O)/C(C#N)=C\c2cc(C)n(-c3ccc(Cl)cc3Cl)c2C)cc1. The summed E-state index contributed by atoms with van der Waals surface area (Å²) in [7, 11) is 1.57. The number of nitrogens with one attached hydrogen (secondary N) is 1. The van der Waals surface area contributed by atoms with Gasteiger partial charge >= 0.3 is 0 Å². The molecule has 3 aromatic rings. The van der Waals surface area contributed by atoms with E-state index in [1.807, 2.05) is 36.6 Å². The third-order valence-corrected chi connectivity index (χ3v) is 5.17. The van der Waals surface area contributed by atoms with Crippen LogP contribution in [-0.2, 0) is 4.79 Å². The number of rotatable bonds is 5. The van der Waals surface area contributed by atoms with Gasteiger partial charge in [-0.1, -0.05) is 23.2 Å². The van der Waals surface area contributed by atoms with Gasteiger partial charge in [-0.15, -0.1) is 0 Å². The van der Waals surface area contributed by atoms with Crippen LogP contribution >= 0.6 is 23.2 Å². The minimum absolute atomic E-state index is 0.00623. The molecule has 1 amide bonds. The Morgan fingerprint density at radius 3 is 2.43 bits per heavy atom. The molecule has 30 heavy (non-hydrogen) atoms. The van der Waals surface area contributed by atoms with Crippen molar-refractivity contribution >= 4 is 40.9 Å². The van der Waals surface area contributed by atoms with Crippen LogP contribution in [0, 0.1) is 25.2 Å². The highest BCUT2D eigenvalue weighted by Gasteiger charge is 2.15. The molecular formula is C23H19Cl2N3O2. The molecule has 0 saturated carbocycles. The Hall–Kier alpha value is -3.20. The number of nitriles is 1. The van der Waals surface area contributed by atoms with Gasteiger partial charge in [0.25, 0.3) is 5.91 Å². The number of hydrogen-bond acceptors (Lipinski definition) is 3. The summed E-state index contributed by atoms with van der Waals surface area (Å²) in [5, 5.41) is 13.3. The van der Waals surface area contributed by atoms with Gasteiger partial charge in [0.15, 0.2) is 0 Å². The third-order valence-electron chi connectivity index (χ3n) is 4.63. The molecule has 7 heteroatoms. The van der Waals surface area contributed by atoms with Crippen LogP contribution in [0.1, 0.15) is 17.0 Å². The van der Waals surface area contributed by atoms with Crippen LogP contribution in [0.15, 0.2) is 54.1 Å². The molecule has 2 aromatic carbocycles. The van der Waals surface area contributed by atoms with Crippen molar-refractivity contribution in [2.75, 3.05) is 12.4 Å². The standard InChI is InChI=1S/C23H19Cl2N3O2/c1-14-10-16(15(2)28(14)22-9-4-18(24)12-21(22)25)11-17(13-26)23(29)27-19-5-7-20(30-3)8-6-19/h4-12H,1-3H3,(H,27,29)/b17-11-. The normalized spacial score (nSPS) is 11.1. The topological polar surface area (TPSA) is 67.0 Å². The van der Waals surface area contributed by atoms with Gasteiger partial charge < -0.3 is 14.6 Å². The van der Waals surface area contributed by atoms with Crippen molar-refractivity contribution in [1.82, 2.24) is 4.57 Å². The second-order valence-electron chi connectivity index (χ2n) is 6.61. The van der Waals surface area contributed by atoms with Crippen molar-refractivity contribution in [3.8, 4) is 17.5 Å². The van der Waals surface area contributed by atoms with Crippen molar-refractivity contribution in [2.24, 2.45) is 0 Å². The van der Waals surface area contributed by atoms with Gasteiger partial charge in [-0.3, -0.25) is 4.79 Å². The summed E-state index contributed by atoms with van der Waals surface area (Å²) in [5.74, 6) is 0.189. The Labute approximate surface area is 185 Å². The molecule has 0 atom stereocenters. The minimum atomic E-state index is -0.489. The van der Waals surface area contributed by atoms with E-state index in [9.17, 15) is 10.1 Å². The van der Waals surface area contributed by atoms with Crippen LogP contribution in [0.4, 0.5) is 5.69 Å². The highest BCUT2D eigenvalue weighted by Crippen LogP contribution is 2.29. The Morgan fingerprint density at radius 1 is 1.13 bits per heavy atom. The molecule has 0 radical (unpaired) electrons. The van der Waals surface area contributed by atoms with E-state index in [0.29, 0.717) is 21.5 Å². The largest absolute Gasteiger partial charge is 0.497 e. The van der Waals surface area contributed by atoms with Crippen molar-refractivity contribution in [3.05, 3.63) is 81.1 Å². The number of aromatic nitrogens is 1. The smallest absolute Gasteiger partial charge is 0.266 e. The summed E-state index contributed by atoms with van der Waals surface area (Å²) >= 11 is 12.4. The molecule has 0 aliphatic rings. The quantitative estimate of drug-likeness (QED) is 0.394. The predicted octanol–water partition coefficient (Wildman–Crippen LogP) is 5.96. The first-order valence-electron chi connectivity index (χ1n) is 9.05. The Balaban J connectivity index is 1.92. The summed E-state index contributed by atoms with van der Waals surface area (Å²) in [6.45, 7) is 3.83. The van der Waals surface area contributed by atoms with Crippen molar-refractivity contribution in [3.63, 3.8) is 0 Å². The Kier molecular flexibility index (Phi) is 6.51. The molecule has 0 unspecified atom stereocenters. The zero-order chi connectivity index (χ0) is 21.8. The second-order valence-corrected chi connectivity index (χ2v) is 7.45. The summed E-state index contributed by atoms with van der Waals surface area (Å²) < 4.78 is 7.06. The van der Waals surface area contributed by atoms with Crippen molar-refractivity contribution in [1.29, 1.82) is 5.26 Å². The fraction of sp³-hybridized carbons (Fsp3) is 0.130. The summed E-state index contributed by atoms with van der Waals surface area (Å²) in [6.07, 6.45) is 1.57. The number of nitrogens with zero attached hydrogens (tertiary/aromatic N) is 2. The summed E-state index contributed by atoms with van der Waals surface area (Å²) in [5.41, 5.74) is 3.85. The number of amides is 1. The van der Waals surface area contributed by atoms with Crippen LogP contribution < -0.4 is 10.1 Å². The minimum Gasteiger partial charge on any atom is -0.497 e. The van der Waals surface area contributed by atoms with Gasteiger partial charge in [0.1, 0.15) is 17.4 Å². The molecule has 3 rings (SSSR count). The number of aryl methyl sites for hydroxylation is 1. The lowest BCUT2D eigenvalue weighted by Gasteiger charge is -2.12. The molecule has 5 nitrogen and oxygen atoms in total. The number of carbonyl (C=O) groups excluding carboxylic acids is 1. The lowest BCUT2D eigenvalue weighted by Crippen LogP contribution is -2.13. The molecular weight excluding hydrogens is 421 g/mol. The number of hydrogen-bond donors (Lipinski definition) is 1. The molecule has 0 bridgehead atoms. The Morgan fingerprint density at radius 2 is 1.83 bits per heavy atom. The summed E-state index contributed by atoms with van der Waals surface area (Å²) in [4.78, 5) is 12.6. The third kappa shape index (κ3) is 4.51. The average molecular weight is 440 g/mol. The molecule has 0 aliphatic carbocycles. The van der Waals surface area contributed by atoms with Crippen LogP contribution in [0.3, 0.4) is 0 Å².